The molecule has 0 aromatic rings. The predicted octanol–water partition coefficient (Wildman–Crippen LogP) is 16.0. The Morgan fingerprint density at radius 1 is 0.370 bits per heavy atom. The molecule has 0 rings (SSSR count). The molecule has 0 radical (unpaired) electrons. The Labute approximate surface area is 340 Å². The summed E-state index contributed by atoms with van der Waals surface area (Å²) in [5, 5.41) is 23.1. The van der Waals surface area contributed by atoms with Gasteiger partial charge in [0.05, 0.1) is 18.8 Å². The first-order valence-corrected chi connectivity index (χ1v) is 25.2. The van der Waals surface area contributed by atoms with E-state index in [1.807, 2.05) is 0 Å². The quantitative estimate of drug-likeness (QED) is 0.0541. The second-order valence-electron chi connectivity index (χ2n) is 17.6. The minimum atomic E-state index is -0.651. The van der Waals surface area contributed by atoms with Crippen LogP contribution < -0.4 is 5.32 Å². The Morgan fingerprint density at radius 3 is 0.833 bits per heavy atom. The predicted molar refractivity (Wildman–Crippen MR) is 240 cm³/mol. The minimum Gasteiger partial charge on any atom is -0.394 e. The summed E-state index contributed by atoms with van der Waals surface area (Å²) in [7, 11) is 0. The lowest BCUT2D eigenvalue weighted by atomic mass is 10.0. The lowest BCUT2D eigenvalue weighted by molar-refractivity contribution is -0.123. The van der Waals surface area contributed by atoms with Gasteiger partial charge in [0, 0.05) is 6.42 Å². The van der Waals surface area contributed by atoms with Crippen molar-refractivity contribution in [2.24, 2.45) is 0 Å². The highest BCUT2D eigenvalue weighted by atomic mass is 16.3. The van der Waals surface area contributed by atoms with E-state index in [1.165, 1.54) is 244 Å². The summed E-state index contributed by atoms with van der Waals surface area (Å²) in [6, 6.07) is -0.528. The van der Waals surface area contributed by atoms with Crippen LogP contribution in [-0.4, -0.2) is 34.9 Å². The molecule has 1 amide bonds. The number of carbonyl (C=O) groups is 1. The van der Waals surface area contributed by atoms with Crippen LogP contribution in [0.25, 0.3) is 0 Å². The van der Waals surface area contributed by atoms with Crippen molar-refractivity contribution < 1.29 is 15.0 Å². The van der Waals surface area contributed by atoms with Crippen molar-refractivity contribution in [2.75, 3.05) is 6.61 Å². The molecule has 2 atom stereocenters. The molecule has 0 aliphatic rings. The van der Waals surface area contributed by atoms with E-state index in [0.29, 0.717) is 12.8 Å². The second kappa shape index (κ2) is 46.8. The van der Waals surface area contributed by atoms with Crippen LogP contribution in [0.3, 0.4) is 0 Å². The standard InChI is InChI=1S/C50H101NO3/c1-3-5-7-9-11-13-14-15-16-17-18-19-20-21-22-23-24-25-26-27-28-29-30-31-32-33-34-35-36-38-40-42-44-46-50(54)51-48(47-52)49(53)45-43-41-39-37-12-10-8-6-4-2/h48-49,52-53H,3-47H2,1-2H3,(H,51,54)/t48-,49+/m0/s1. The topological polar surface area (TPSA) is 69.6 Å². The van der Waals surface area contributed by atoms with Gasteiger partial charge in [0.15, 0.2) is 0 Å². The van der Waals surface area contributed by atoms with E-state index < -0.39 is 12.1 Å². The third-order valence-electron chi connectivity index (χ3n) is 12.1. The van der Waals surface area contributed by atoms with Crippen LogP contribution in [0.5, 0.6) is 0 Å². The summed E-state index contributed by atoms with van der Waals surface area (Å²) in [5.74, 6) is -0.0269. The molecule has 0 aliphatic carbocycles. The molecule has 4 nitrogen and oxygen atoms in total. The van der Waals surface area contributed by atoms with Gasteiger partial charge in [-0.15, -0.1) is 0 Å². The number of carbonyl (C=O) groups excluding carboxylic acids is 1. The molecule has 324 valence electrons. The molecule has 0 saturated carbocycles. The summed E-state index contributed by atoms with van der Waals surface area (Å²) in [6.07, 6.45) is 58.1. The van der Waals surface area contributed by atoms with Gasteiger partial charge in [-0.25, -0.2) is 0 Å². The molecule has 0 aliphatic heterocycles. The fraction of sp³-hybridized carbons (Fsp3) is 0.980. The smallest absolute Gasteiger partial charge is 0.220 e. The number of hydrogen-bond acceptors (Lipinski definition) is 3. The van der Waals surface area contributed by atoms with Gasteiger partial charge in [-0.05, 0) is 12.8 Å². The van der Waals surface area contributed by atoms with Crippen molar-refractivity contribution >= 4 is 5.91 Å². The molecule has 0 heterocycles. The van der Waals surface area contributed by atoms with Gasteiger partial charge >= 0.3 is 0 Å². The Kier molecular flexibility index (Phi) is 46.2. The van der Waals surface area contributed by atoms with Crippen molar-refractivity contribution in [3.63, 3.8) is 0 Å². The van der Waals surface area contributed by atoms with E-state index in [1.54, 1.807) is 0 Å². The average Bonchev–Trinajstić information content (AvgIpc) is 3.18. The fourth-order valence-corrected chi connectivity index (χ4v) is 8.25. The lowest BCUT2D eigenvalue weighted by Crippen LogP contribution is -2.45. The van der Waals surface area contributed by atoms with Gasteiger partial charge in [0.2, 0.25) is 5.91 Å². The van der Waals surface area contributed by atoms with Gasteiger partial charge in [0.25, 0.3) is 0 Å². The average molecular weight is 764 g/mol. The maximum atomic E-state index is 12.4. The summed E-state index contributed by atoms with van der Waals surface area (Å²) in [6.45, 7) is 4.36. The monoisotopic (exact) mass is 764 g/mol. The number of aliphatic hydroxyl groups is 2. The maximum absolute atomic E-state index is 12.4. The lowest BCUT2D eigenvalue weighted by Gasteiger charge is -2.22. The number of hydrogen-bond donors (Lipinski definition) is 3. The number of unbranched alkanes of at least 4 members (excludes halogenated alkanes) is 40. The third-order valence-corrected chi connectivity index (χ3v) is 12.1. The molecular weight excluding hydrogens is 663 g/mol. The van der Waals surface area contributed by atoms with Crippen molar-refractivity contribution in [3.05, 3.63) is 0 Å². The molecule has 0 aromatic heterocycles. The van der Waals surface area contributed by atoms with Crippen molar-refractivity contribution in [2.45, 2.75) is 309 Å². The zero-order chi connectivity index (χ0) is 39.3. The van der Waals surface area contributed by atoms with E-state index in [2.05, 4.69) is 19.2 Å². The molecule has 0 aromatic carbocycles. The van der Waals surface area contributed by atoms with E-state index in [4.69, 9.17) is 0 Å². The van der Waals surface area contributed by atoms with Gasteiger partial charge < -0.3 is 15.5 Å². The van der Waals surface area contributed by atoms with E-state index in [-0.39, 0.29) is 12.5 Å². The zero-order valence-corrected chi connectivity index (χ0v) is 37.3. The molecule has 54 heavy (non-hydrogen) atoms. The maximum Gasteiger partial charge on any atom is 0.220 e. The molecule has 0 bridgehead atoms. The summed E-state index contributed by atoms with van der Waals surface area (Å²) in [4.78, 5) is 12.4. The molecule has 4 heteroatoms. The number of aliphatic hydroxyl groups excluding tert-OH is 2. The SMILES string of the molecule is CCCCCCCCCCCCCCCCCCCCCCCCCCCCCCCCCCCC(=O)N[C@@H](CO)[C@H](O)CCCCCCCCCCC. The van der Waals surface area contributed by atoms with Crippen LogP contribution in [-0.2, 0) is 4.79 Å². The van der Waals surface area contributed by atoms with Crippen molar-refractivity contribution in [1.29, 1.82) is 0 Å². The Hall–Kier alpha value is -0.610. The fourth-order valence-electron chi connectivity index (χ4n) is 8.25. The highest BCUT2D eigenvalue weighted by Crippen LogP contribution is 2.18. The second-order valence-corrected chi connectivity index (χ2v) is 17.6. The third kappa shape index (κ3) is 42.5. The van der Waals surface area contributed by atoms with E-state index in [0.717, 1.165) is 25.7 Å². The number of nitrogens with one attached hydrogen (secondary N) is 1. The van der Waals surface area contributed by atoms with Gasteiger partial charge in [-0.1, -0.05) is 277 Å². The van der Waals surface area contributed by atoms with Crippen LogP contribution in [0.4, 0.5) is 0 Å². The van der Waals surface area contributed by atoms with Crippen LogP contribution in [0, 0.1) is 0 Å². The van der Waals surface area contributed by atoms with Gasteiger partial charge in [-0.3, -0.25) is 4.79 Å². The van der Waals surface area contributed by atoms with E-state index >= 15 is 0 Å². The van der Waals surface area contributed by atoms with Crippen LogP contribution in [0.15, 0.2) is 0 Å². The molecule has 0 spiro atoms. The van der Waals surface area contributed by atoms with Crippen molar-refractivity contribution in [3.8, 4) is 0 Å². The van der Waals surface area contributed by atoms with Crippen LogP contribution >= 0.6 is 0 Å². The first-order valence-electron chi connectivity index (χ1n) is 25.2. The molecule has 0 unspecified atom stereocenters. The highest BCUT2D eigenvalue weighted by Gasteiger charge is 2.20. The summed E-state index contributed by atoms with van der Waals surface area (Å²) >= 11 is 0. The largest absolute Gasteiger partial charge is 0.394 e. The Balaban J connectivity index is 3.31. The molecule has 0 fully saturated rings. The summed E-state index contributed by atoms with van der Waals surface area (Å²) in [5.41, 5.74) is 0. The molecular formula is C50H101NO3. The first-order chi connectivity index (χ1) is 26.7. The van der Waals surface area contributed by atoms with Gasteiger partial charge in [0.1, 0.15) is 0 Å². The Morgan fingerprint density at radius 2 is 0.593 bits per heavy atom. The minimum absolute atomic E-state index is 0.0269. The Bertz CT molecular complexity index is 699. The summed E-state index contributed by atoms with van der Waals surface area (Å²) < 4.78 is 0. The highest BCUT2D eigenvalue weighted by molar-refractivity contribution is 5.76. The molecule has 3 N–H and O–H groups in total. The molecule has 0 saturated heterocycles. The number of amides is 1. The van der Waals surface area contributed by atoms with E-state index in [9.17, 15) is 15.0 Å². The van der Waals surface area contributed by atoms with Crippen LogP contribution in [0.1, 0.15) is 296 Å². The van der Waals surface area contributed by atoms with Gasteiger partial charge in [-0.2, -0.15) is 0 Å². The first kappa shape index (κ1) is 53.4. The van der Waals surface area contributed by atoms with Crippen LogP contribution in [0.2, 0.25) is 0 Å². The number of rotatable bonds is 47. The normalized spacial score (nSPS) is 12.7. The zero-order valence-electron chi connectivity index (χ0n) is 37.3. The van der Waals surface area contributed by atoms with Crippen molar-refractivity contribution in [1.82, 2.24) is 5.32 Å².